The highest BCUT2D eigenvalue weighted by molar-refractivity contribution is 8.00. The lowest BCUT2D eigenvalue weighted by Gasteiger charge is -2.19. The molecular formula is C13H18F3O5PS2. The summed E-state index contributed by atoms with van der Waals surface area (Å²) in [5.41, 5.74) is -4.65. The largest absolute Gasteiger partial charge is 0.446 e. The van der Waals surface area contributed by atoms with E-state index < -0.39 is 57.0 Å². The number of halogens is 3. The van der Waals surface area contributed by atoms with Crippen LogP contribution in [0.3, 0.4) is 0 Å². The van der Waals surface area contributed by atoms with Gasteiger partial charge in [0.1, 0.15) is 11.2 Å². The topological polar surface area (TPSA) is 69.7 Å². The van der Waals surface area contributed by atoms with Crippen LogP contribution in [0.5, 0.6) is 0 Å². The Bertz CT molecular complexity index is 704. The molecule has 138 valence electrons. The molecule has 5 nitrogen and oxygen atoms in total. The molecule has 0 fully saturated rings. The van der Waals surface area contributed by atoms with Gasteiger partial charge in [0.15, 0.2) is 0 Å². The van der Waals surface area contributed by atoms with E-state index in [1.165, 1.54) is 12.1 Å². The molecule has 0 aliphatic carbocycles. The third kappa shape index (κ3) is 6.76. The lowest BCUT2D eigenvalue weighted by atomic mass is 10.4. The fourth-order valence-corrected chi connectivity index (χ4v) is 5.70. The minimum Gasteiger partial charge on any atom is -0.324 e. The van der Waals surface area contributed by atoms with Crippen LogP contribution in [0, 0.1) is 0 Å². The second-order valence-corrected chi connectivity index (χ2v) is 10.4. The van der Waals surface area contributed by atoms with Gasteiger partial charge < -0.3 is 4.52 Å². The summed E-state index contributed by atoms with van der Waals surface area (Å²) in [6, 6.07) is 4.59. The maximum absolute atomic E-state index is 12.5. The van der Waals surface area contributed by atoms with E-state index in [1.54, 1.807) is 20.8 Å². The van der Waals surface area contributed by atoms with Crippen molar-refractivity contribution in [2.75, 3.05) is 12.5 Å². The molecule has 0 radical (unpaired) electrons. The third-order valence-electron chi connectivity index (χ3n) is 2.63. The van der Waals surface area contributed by atoms with E-state index in [0.29, 0.717) is 0 Å². The standard InChI is InChI=1S/C13H18F3O5PS2/c1-4-22(17,21-10(2)3)9-20-24(18,19)12-8-6-5-7-11(12)23-13(14,15)16/h5-8,10H,4,9H2,1-3H3. The van der Waals surface area contributed by atoms with Crippen LogP contribution < -0.4 is 0 Å². The minimum absolute atomic E-state index is 0.0413. The van der Waals surface area contributed by atoms with Gasteiger partial charge in [-0.1, -0.05) is 19.1 Å². The van der Waals surface area contributed by atoms with Crippen molar-refractivity contribution >= 4 is 29.2 Å². The van der Waals surface area contributed by atoms with E-state index >= 15 is 0 Å². The number of hydrogen-bond acceptors (Lipinski definition) is 6. The highest BCUT2D eigenvalue weighted by atomic mass is 32.2. The number of alkyl halides is 3. The molecule has 0 heterocycles. The lowest BCUT2D eigenvalue weighted by molar-refractivity contribution is -0.0329. The van der Waals surface area contributed by atoms with Crippen LogP contribution in [-0.2, 0) is 23.4 Å². The molecule has 1 unspecified atom stereocenters. The monoisotopic (exact) mass is 406 g/mol. The summed E-state index contributed by atoms with van der Waals surface area (Å²) >= 11 is -0.555. The first kappa shape index (κ1) is 21.5. The highest BCUT2D eigenvalue weighted by Gasteiger charge is 2.34. The average molecular weight is 406 g/mol. The van der Waals surface area contributed by atoms with Crippen LogP contribution in [0.25, 0.3) is 0 Å². The molecular weight excluding hydrogens is 388 g/mol. The zero-order chi connectivity index (χ0) is 18.6. The summed E-state index contributed by atoms with van der Waals surface area (Å²) in [7, 11) is -7.88. The summed E-state index contributed by atoms with van der Waals surface area (Å²) in [5.74, 6) is 0. The summed E-state index contributed by atoms with van der Waals surface area (Å²) in [6.45, 7) is 4.81. The van der Waals surface area contributed by atoms with Gasteiger partial charge in [0.25, 0.3) is 10.1 Å². The van der Waals surface area contributed by atoms with Gasteiger partial charge in [-0.15, -0.1) is 0 Å². The molecule has 0 bridgehead atoms. The summed E-state index contributed by atoms with van der Waals surface area (Å²) in [6.07, 6.45) is -1.09. The molecule has 11 heteroatoms. The first-order valence-electron chi connectivity index (χ1n) is 6.89. The van der Waals surface area contributed by atoms with Crippen LogP contribution in [0.1, 0.15) is 20.8 Å². The van der Waals surface area contributed by atoms with Crippen molar-refractivity contribution in [3.05, 3.63) is 24.3 Å². The lowest BCUT2D eigenvalue weighted by Crippen LogP contribution is -2.13. The van der Waals surface area contributed by atoms with Crippen molar-refractivity contribution < 1.29 is 34.9 Å². The molecule has 0 spiro atoms. The maximum Gasteiger partial charge on any atom is 0.446 e. The van der Waals surface area contributed by atoms with Gasteiger partial charge in [-0.3, -0.25) is 8.75 Å². The third-order valence-corrected chi connectivity index (χ3v) is 7.36. The van der Waals surface area contributed by atoms with Gasteiger partial charge in [-0.05, 0) is 37.7 Å². The van der Waals surface area contributed by atoms with Crippen LogP contribution in [-0.4, -0.2) is 32.5 Å². The molecule has 0 amide bonds. The zero-order valence-electron chi connectivity index (χ0n) is 13.2. The molecule has 0 saturated carbocycles. The Morgan fingerprint density at radius 2 is 1.83 bits per heavy atom. The van der Waals surface area contributed by atoms with Gasteiger partial charge in [0, 0.05) is 11.1 Å². The van der Waals surface area contributed by atoms with E-state index in [2.05, 4.69) is 0 Å². The van der Waals surface area contributed by atoms with Crippen molar-refractivity contribution in [1.82, 2.24) is 0 Å². The fourth-order valence-electron chi connectivity index (χ4n) is 1.66. The number of rotatable bonds is 8. The van der Waals surface area contributed by atoms with E-state index in [-0.39, 0.29) is 6.16 Å². The Hall–Kier alpha value is -0.540. The first-order valence-corrected chi connectivity index (χ1v) is 11.1. The van der Waals surface area contributed by atoms with Crippen LogP contribution in [0.4, 0.5) is 13.2 Å². The van der Waals surface area contributed by atoms with Gasteiger partial charge in [0.05, 0.1) is 6.10 Å². The summed E-state index contributed by atoms with van der Waals surface area (Å²) < 4.78 is 84.4. The molecule has 0 aromatic heterocycles. The summed E-state index contributed by atoms with van der Waals surface area (Å²) in [5, 5.41) is 0. The van der Waals surface area contributed by atoms with Gasteiger partial charge in [0.2, 0.25) is 7.37 Å². The van der Waals surface area contributed by atoms with E-state index in [1.807, 2.05) is 0 Å². The van der Waals surface area contributed by atoms with Gasteiger partial charge >= 0.3 is 5.51 Å². The fraction of sp³-hybridized carbons (Fsp3) is 0.538. The van der Waals surface area contributed by atoms with E-state index in [4.69, 9.17) is 8.71 Å². The van der Waals surface area contributed by atoms with Crippen LogP contribution in [0.15, 0.2) is 34.1 Å². The quantitative estimate of drug-likeness (QED) is 0.355. The predicted octanol–water partition coefficient (Wildman–Crippen LogP) is 4.68. The predicted molar refractivity (Wildman–Crippen MR) is 85.9 cm³/mol. The first-order chi connectivity index (χ1) is 10.9. The van der Waals surface area contributed by atoms with Gasteiger partial charge in [-0.2, -0.15) is 21.6 Å². The molecule has 24 heavy (non-hydrogen) atoms. The SMILES string of the molecule is CCP(=O)(COS(=O)(=O)c1ccccc1SC(F)(F)F)OC(C)C. The Balaban J connectivity index is 3.03. The molecule has 0 N–H and O–H groups in total. The second kappa shape index (κ2) is 8.23. The van der Waals surface area contributed by atoms with Crippen molar-refractivity contribution in [2.45, 2.75) is 42.2 Å². The molecule has 0 aliphatic rings. The van der Waals surface area contributed by atoms with E-state index in [9.17, 15) is 26.2 Å². The molecule has 1 rings (SSSR count). The molecule has 0 saturated heterocycles. The van der Waals surface area contributed by atoms with Crippen molar-refractivity contribution in [3.63, 3.8) is 0 Å². The summed E-state index contributed by atoms with van der Waals surface area (Å²) in [4.78, 5) is -1.14. The second-order valence-electron chi connectivity index (χ2n) is 4.98. The molecule has 1 aromatic carbocycles. The molecule has 1 aromatic rings. The van der Waals surface area contributed by atoms with E-state index in [0.717, 1.165) is 12.1 Å². The zero-order valence-corrected chi connectivity index (χ0v) is 15.8. The van der Waals surface area contributed by atoms with Crippen LogP contribution >= 0.6 is 19.1 Å². The normalized spacial score (nSPS) is 15.5. The molecule has 0 aliphatic heterocycles. The minimum atomic E-state index is -4.65. The Kier molecular flexibility index (Phi) is 7.37. The van der Waals surface area contributed by atoms with Crippen molar-refractivity contribution in [1.29, 1.82) is 0 Å². The number of thioether (sulfide) groups is 1. The Morgan fingerprint density at radius 3 is 2.33 bits per heavy atom. The molecule has 1 atom stereocenters. The van der Waals surface area contributed by atoms with Crippen molar-refractivity contribution in [2.24, 2.45) is 0 Å². The van der Waals surface area contributed by atoms with Crippen molar-refractivity contribution in [3.8, 4) is 0 Å². The highest BCUT2D eigenvalue weighted by Crippen LogP contribution is 2.48. The Morgan fingerprint density at radius 1 is 1.25 bits per heavy atom. The smallest absolute Gasteiger partial charge is 0.324 e. The van der Waals surface area contributed by atoms with Gasteiger partial charge in [-0.25, -0.2) is 0 Å². The average Bonchev–Trinajstić information content (AvgIpc) is 2.43. The number of benzene rings is 1. The maximum atomic E-state index is 12.5. The Labute approximate surface area is 143 Å². The number of hydrogen-bond donors (Lipinski definition) is 0. The van der Waals surface area contributed by atoms with Crippen LogP contribution in [0.2, 0.25) is 0 Å².